The van der Waals surface area contributed by atoms with Gasteiger partial charge in [0.05, 0.1) is 12.0 Å². The second kappa shape index (κ2) is 5.17. The molecule has 0 fully saturated rings. The summed E-state index contributed by atoms with van der Waals surface area (Å²) in [5.74, 6) is 1.03. The van der Waals surface area contributed by atoms with Gasteiger partial charge >= 0.3 is 0 Å². The normalized spacial score (nSPS) is 11.4. The number of thiophene rings is 1. The van der Waals surface area contributed by atoms with Crippen LogP contribution in [0.3, 0.4) is 0 Å². The molecule has 0 unspecified atom stereocenters. The van der Waals surface area contributed by atoms with Gasteiger partial charge in [-0.2, -0.15) is 0 Å². The molecule has 2 rings (SSSR count). The van der Waals surface area contributed by atoms with Crippen LogP contribution in [0.5, 0.6) is 5.75 Å². The van der Waals surface area contributed by atoms with Gasteiger partial charge in [0.2, 0.25) is 0 Å². The van der Waals surface area contributed by atoms with Gasteiger partial charge in [-0.15, -0.1) is 11.3 Å². The molecule has 2 nitrogen and oxygen atoms in total. The first-order valence-corrected chi connectivity index (χ1v) is 7.02. The minimum atomic E-state index is -0.331. The van der Waals surface area contributed by atoms with Gasteiger partial charge in [0.15, 0.2) is 5.78 Å². The number of ketones is 1. The second-order valence-electron chi connectivity index (χ2n) is 5.47. The van der Waals surface area contributed by atoms with Crippen molar-refractivity contribution in [3.05, 3.63) is 41.3 Å². The highest BCUT2D eigenvalue weighted by molar-refractivity contribution is 7.17. The van der Waals surface area contributed by atoms with E-state index in [1.54, 1.807) is 18.4 Å². The van der Waals surface area contributed by atoms with Crippen LogP contribution in [0.15, 0.2) is 36.4 Å². The van der Waals surface area contributed by atoms with Crippen LogP contribution in [0, 0.1) is 5.41 Å². The van der Waals surface area contributed by atoms with Crippen LogP contribution in [0.25, 0.3) is 10.4 Å². The number of hydrogen-bond acceptors (Lipinski definition) is 3. The van der Waals surface area contributed by atoms with E-state index in [9.17, 15) is 4.79 Å². The van der Waals surface area contributed by atoms with Crippen molar-refractivity contribution < 1.29 is 9.53 Å². The molecule has 0 spiro atoms. The fourth-order valence-electron chi connectivity index (χ4n) is 1.74. The molecule has 0 saturated carbocycles. The van der Waals surface area contributed by atoms with Gasteiger partial charge in [0.1, 0.15) is 5.75 Å². The Labute approximate surface area is 118 Å². The van der Waals surface area contributed by atoms with E-state index >= 15 is 0 Å². The largest absolute Gasteiger partial charge is 0.497 e. The van der Waals surface area contributed by atoms with Crippen molar-refractivity contribution in [2.75, 3.05) is 7.11 Å². The van der Waals surface area contributed by atoms with E-state index in [4.69, 9.17) is 4.74 Å². The predicted octanol–water partition coefficient (Wildman–Crippen LogP) is 4.65. The van der Waals surface area contributed by atoms with Crippen LogP contribution in [0.4, 0.5) is 0 Å². The summed E-state index contributed by atoms with van der Waals surface area (Å²) in [4.78, 5) is 14.1. The van der Waals surface area contributed by atoms with Gasteiger partial charge in [-0.05, 0) is 42.0 Å². The maximum absolute atomic E-state index is 12.2. The number of methoxy groups -OCH3 is 1. The van der Waals surface area contributed by atoms with E-state index in [0.29, 0.717) is 0 Å². The van der Waals surface area contributed by atoms with E-state index in [1.807, 2.05) is 57.2 Å². The molecule has 1 aromatic carbocycles. The van der Waals surface area contributed by atoms with Crippen LogP contribution < -0.4 is 4.74 Å². The van der Waals surface area contributed by atoms with E-state index in [-0.39, 0.29) is 11.2 Å². The Balaban J connectivity index is 2.28. The first-order valence-electron chi connectivity index (χ1n) is 6.21. The van der Waals surface area contributed by atoms with Crippen LogP contribution >= 0.6 is 11.3 Å². The zero-order valence-corrected chi connectivity index (χ0v) is 12.5. The lowest BCUT2D eigenvalue weighted by Gasteiger charge is -2.14. The third kappa shape index (κ3) is 3.04. The molecule has 2 aromatic rings. The second-order valence-corrected chi connectivity index (χ2v) is 6.56. The van der Waals surface area contributed by atoms with E-state index in [2.05, 4.69) is 0 Å². The molecule has 0 aliphatic rings. The van der Waals surface area contributed by atoms with Crippen molar-refractivity contribution in [2.24, 2.45) is 5.41 Å². The first kappa shape index (κ1) is 13.8. The Morgan fingerprint density at radius 3 is 2.21 bits per heavy atom. The topological polar surface area (TPSA) is 26.3 Å². The number of carbonyl (C=O) groups excluding carboxylic acids is 1. The average molecular weight is 274 g/mol. The Bertz CT molecular complexity index is 574. The summed E-state index contributed by atoms with van der Waals surface area (Å²) in [6.45, 7) is 5.84. The third-order valence-electron chi connectivity index (χ3n) is 2.89. The molecule has 0 aliphatic carbocycles. The minimum absolute atomic E-state index is 0.192. The Morgan fingerprint density at radius 2 is 1.68 bits per heavy atom. The van der Waals surface area contributed by atoms with E-state index in [0.717, 1.165) is 21.1 Å². The molecule has 100 valence electrons. The third-order valence-corrected chi connectivity index (χ3v) is 4.02. The van der Waals surface area contributed by atoms with Crippen molar-refractivity contribution in [1.82, 2.24) is 0 Å². The highest BCUT2D eigenvalue weighted by Gasteiger charge is 2.24. The first-order chi connectivity index (χ1) is 8.91. The van der Waals surface area contributed by atoms with Gasteiger partial charge in [0.25, 0.3) is 0 Å². The summed E-state index contributed by atoms with van der Waals surface area (Å²) in [6, 6.07) is 11.8. The fourth-order valence-corrected chi connectivity index (χ4v) is 2.90. The maximum atomic E-state index is 12.2. The summed E-state index contributed by atoms with van der Waals surface area (Å²) in [6.07, 6.45) is 0. The fraction of sp³-hybridized carbons (Fsp3) is 0.312. The van der Waals surface area contributed by atoms with Crippen molar-refractivity contribution in [2.45, 2.75) is 20.8 Å². The molecule has 0 aliphatic heterocycles. The molecule has 0 bridgehead atoms. The van der Waals surface area contributed by atoms with Crippen LogP contribution in [0.1, 0.15) is 30.4 Å². The zero-order chi connectivity index (χ0) is 14.0. The van der Waals surface area contributed by atoms with Gasteiger partial charge in [-0.25, -0.2) is 0 Å². The van der Waals surface area contributed by atoms with Crippen molar-refractivity contribution in [1.29, 1.82) is 0 Å². The molecule has 1 heterocycles. The number of hydrogen-bond donors (Lipinski definition) is 0. The van der Waals surface area contributed by atoms with Gasteiger partial charge in [-0.3, -0.25) is 4.79 Å². The SMILES string of the molecule is COc1ccc(-c2ccc(C(=O)C(C)(C)C)s2)cc1. The zero-order valence-electron chi connectivity index (χ0n) is 11.7. The summed E-state index contributed by atoms with van der Waals surface area (Å²) >= 11 is 1.54. The Kier molecular flexibility index (Phi) is 3.76. The molecule has 0 amide bonds. The Hall–Kier alpha value is -1.61. The average Bonchev–Trinajstić information content (AvgIpc) is 2.86. The number of Topliss-reactive ketones (excluding diaryl/α,β-unsaturated/α-hetero) is 1. The molecule has 0 radical (unpaired) electrons. The maximum Gasteiger partial charge on any atom is 0.178 e. The highest BCUT2D eigenvalue weighted by atomic mass is 32.1. The monoisotopic (exact) mass is 274 g/mol. The highest BCUT2D eigenvalue weighted by Crippen LogP contribution is 2.32. The van der Waals surface area contributed by atoms with Crippen molar-refractivity contribution in [3.8, 4) is 16.2 Å². The van der Waals surface area contributed by atoms with E-state index < -0.39 is 0 Å². The quantitative estimate of drug-likeness (QED) is 0.761. The lowest BCUT2D eigenvalue weighted by molar-refractivity contribution is 0.0863. The van der Waals surface area contributed by atoms with Crippen molar-refractivity contribution in [3.63, 3.8) is 0 Å². The summed E-state index contributed by atoms with van der Waals surface area (Å²) in [5, 5.41) is 0. The predicted molar refractivity (Wildman–Crippen MR) is 80.1 cm³/mol. The number of ether oxygens (including phenoxy) is 1. The Morgan fingerprint density at radius 1 is 1.05 bits per heavy atom. The van der Waals surface area contributed by atoms with Crippen LogP contribution in [-0.4, -0.2) is 12.9 Å². The number of carbonyl (C=O) groups is 1. The minimum Gasteiger partial charge on any atom is -0.497 e. The molecule has 3 heteroatoms. The van der Waals surface area contributed by atoms with Gasteiger partial charge in [-0.1, -0.05) is 20.8 Å². The molecular weight excluding hydrogens is 256 g/mol. The lowest BCUT2D eigenvalue weighted by atomic mass is 9.90. The smallest absolute Gasteiger partial charge is 0.178 e. The molecule has 19 heavy (non-hydrogen) atoms. The van der Waals surface area contributed by atoms with Gasteiger partial charge in [0, 0.05) is 10.3 Å². The molecule has 0 saturated heterocycles. The molecular formula is C16H18O2S. The van der Waals surface area contributed by atoms with Crippen LogP contribution in [-0.2, 0) is 0 Å². The van der Waals surface area contributed by atoms with Gasteiger partial charge < -0.3 is 4.74 Å². The molecule has 0 atom stereocenters. The standard InChI is InChI=1S/C16H18O2S/c1-16(2,3)15(17)14-10-9-13(19-14)11-5-7-12(18-4)8-6-11/h5-10H,1-4H3. The summed E-state index contributed by atoms with van der Waals surface area (Å²) in [7, 11) is 1.65. The van der Waals surface area contributed by atoms with Crippen LogP contribution in [0.2, 0.25) is 0 Å². The number of benzene rings is 1. The summed E-state index contributed by atoms with van der Waals surface area (Å²) < 4.78 is 5.14. The lowest BCUT2D eigenvalue weighted by Crippen LogP contribution is -2.18. The van der Waals surface area contributed by atoms with Crippen molar-refractivity contribution >= 4 is 17.1 Å². The number of rotatable bonds is 3. The molecule has 1 aromatic heterocycles. The van der Waals surface area contributed by atoms with E-state index in [1.165, 1.54) is 0 Å². The summed E-state index contributed by atoms with van der Waals surface area (Å²) in [5.41, 5.74) is 0.779. The molecule has 0 N–H and O–H groups in total.